The first-order valence-electron chi connectivity index (χ1n) is 5.56. The van der Waals surface area contributed by atoms with Gasteiger partial charge in [0, 0.05) is 23.5 Å². The minimum Gasteiger partial charge on any atom is -0.481 e. The Labute approximate surface area is 113 Å². The van der Waals surface area contributed by atoms with Gasteiger partial charge in [0.05, 0.1) is 6.42 Å². The molecule has 1 heterocycles. The largest absolute Gasteiger partial charge is 0.481 e. The van der Waals surface area contributed by atoms with Crippen LogP contribution in [0.3, 0.4) is 0 Å². The average molecular weight is 277 g/mol. The number of rotatable bonds is 5. The van der Waals surface area contributed by atoms with Crippen molar-refractivity contribution in [3.8, 4) is 11.4 Å². The molecule has 1 aromatic carbocycles. The lowest BCUT2D eigenvalue weighted by Gasteiger charge is -1.98. The molecule has 0 atom stereocenters. The van der Waals surface area contributed by atoms with Crippen LogP contribution in [0.25, 0.3) is 11.4 Å². The third-order valence-corrected chi connectivity index (χ3v) is 2.90. The van der Waals surface area contributed by atoms with Crippen molar-refractivity contribution in [2.75, 3.05) is 5.32 Å². The molecule has 0 spiro atoms. The average Bonchev–Trinajstić information content (AvgIpc) is 2.86. The first kappa shape index (κ1) is 13.2. The van der Waals surface area contributed by atoms with Crippen LogP contribution < -0.4 is 5.32 Å². The Hall–Kier alpha value is -2.28. The summed E-state index contributed by atoms with van der Waals surface area (Å²) in [4.78, 5) is 25.9. The van der Waals surface area contributed by atoms with E-state index in [1.807, 2.05) is 30.3 Å². The fourth-order valence-corrected chi connectivity index (χ4v) is 1.99. The minimum atomic E-state index is -1.00. The Kier molecular flexibility index (Phi) is 4.19. The molecule has 1 amide bonds. The van der Waals surface area contributed by atoms with E-state index >= 15 is 0 Å². The molecule has 0 aliphatic carbocycles. The van der Waals surface area contributed by atoms with Crippen molar-refractivity contribution in [2.24, 2.45) is 0 Å². The van der Waals surface area contributed by atoms with E-state index in [9.17, 15) is 9.59 Å². The standard InChI is InChI=1S/C12H11N3O3S/c16-9(6-7-10(17)18)13-12-14-11(15-19-12)8-4-2-1-3-5-8/h1-5H,6-7H2,(H,17,18)(H,13,14,15,16). The van der Waals surface area contributed by atoms with Crippen molar-refractivity contribution in [1.29, 1.82) is 0 Å². The number of nitrogens with zero attached hydrogens (tertiary/aromatic N) is 2. The molecular formula is C12H11N3O3S. The normalized spacial score (nSPS) is 10.1. The molecule has 0 unspecified atom stereocenters. The summed E-state index contributed by atoms with van der Waals surface area (Å²) in [5, 5.41) is 11.4. The van der Waals surface area contributed by atoms with Crippen molar-refractivity contribution in [3.63, 3.8) is 0 Å². The van der Waals surface area contributed by atoms with E-state index in [4.69, 9.17) is 5.11 Å². The van der Waals surface area contributed by atoms with E-state index in [2.05, 4.69) is 14.7 Å². The summed E-state index contributed by atoms with van der Waals surface area (Å²) in [6, 6.07) is 9.39. The van der Waals surface area contributed by atoms with E-state index in [1.165, 1.54) is 0 Å². The van der Waals surface area contributed by atoms with Crippen LogP contribution in [-0.4, -0.2) is 26.3 Å². The van der Waals surface area contributed by atoms with Gasteiger partial charge in [-0.05, 0) is 0 Å². The van der Waals surface area contributed by atoms with Crippen LogP contribution >= 0.6 is 11.5 Å². The van der Waals surface area contributed by atoms with Gasteiger partial charge in [-0.25, -0.2) is 0 Å². The summed E-state index contributed by atoms with van der Waals surface area (Å²) in [6.45, 7) is 0. The van der Waals surface area contributed by atoms with E-state index in [1.54, 1.807) is 0 Å². The topological polar surface area (TPSA) is 92.2 Å². The lowest BCUT2D eigenvalue weighted by molar-refractivity contribution is -0.138. The Balaban J connectivity index is 1.98. The maximum Gasteiger partial charge on any atom is 0.303 e. The van der Waals surface area contributed by atoms with Gasteiger partial charge in [-0.1, -0.05) is 30.3 Å². The molecule has 2 aromatic rings. The summed E-state index contributed by atoms with van der Waals surface area (Å²) < 4.78 is 4.13. The lowest BCUT2D eigenvalue weighted by atomic mass is 10.2. The van der Waals surface area contributed by atoms with Crippen molar-refractivity contribution in [1.82, 2.24) is 9.36 Å². The number of benzene rings is 1. The fraction of sp³-hybridized carbons (Fsp3) is 0.167. The number of hydrogen-bond acceptors (Lipinski definition) is 5. The molecule has 2 N–H and O–H groups in total. The van der Waals surface area contributed by atoms with Gasteiger partial charge in [0.2, 0.25) is 11.0 Å². The first-order valence-corrected chi connectivity index (χ1v) is 6.33. The Morgan fingerprint density at radius 1 is 1.21 bits per heavy atom. The molecule has 0 saturated heterocycles. The molecule has 0 aliphatic heterocycles. The van der Waals surface area contributed by atoms with Gasteiger partial charge in [0.25, 0.3) is 0 Å². The second-order valence-electron chi connectivity index (χ2n) is 3.73. The monoisotopic (exact) mass is 277 g/mol. The van der Waals surface area contributed by atoms with Crippen LogP contribution in [0.4, 0.5) is 5.13 Å². The van der Waals surface area contributed by atoms with E-state index in [0.717, 1.165) is 17.1 Å². The number of amides is 1. The van der Waals surface area contributed by atoms with Gasteiger partial charge in [0.1, 0.15) is 0 Å². The molecule has 19 heavy (non-hydrogen) atoms. The number of aromatic nitrogens is 2. The predicted molar refractivity (Wildman–Crippen MR) is 70.8 cm³/mol. The Morgan fingerprint density at radius 3 is 2.63 bits per heavy atom. The summed E-state index contributed by atoms with van der Waals surface area (Å²) in [6.07, 6.45) is -0.272. The SMILES string of the molecule is O=C(O)CCC(=O)Nc1nc(-c2ccccc2)ns1. The van der Waals surface area contributed by atoms with Crippen molar-refractivity contribution >= 4 is 28.5 Å². The maximum absolute atomic E-state index is 11.4. The van der Waals surface area contributed by atoms with Gasteiger partial charge >= 0.3 is 5.97 Å². The van der Waals surface area contributed by atoms with Crippen molar-refractivity contribution in [3.05, 3.63) is 30.3 Å². The number of aliphatic carboxylic acids is 1. The number of nitrogens with one attached hydrogen (secondary N) is 1. The van der Waals surface area contributed by atoms with Crippen LogP contribution in [0, 0.1) is 0 Å². The molecule has 7 heteroatoms. The van der Waals surface area contributed by atoms with Crippen molar-refractivity contribution < 1.29 is 14.7 Å². The number of anilines is 1. The number of carbonyl (C=O) groups is 2. The molecule has 98 valence electrons. The second-order valence-corrected chi connectivity index (χ2v) is 4.48. The van der Waals surface area contributed by atoms with Gasteiger partial charge in [0.15, 0.2) is 5.82 Å². The van der Waals surface area contributed by atoms with Crippen LogP contribution in [0.15, 0.2) is 30.3 Å². The number of carboxylic acids is 1. The zero-order valence-electron chi connectivity index (χ0n) is 9.87. The summed E-state index contributed by atoms with van der Waals surface area (Å²) in [7, 11) is 0. The van der Waals surface area contributed by atoms with Gasteiger partial charge in [-0.3, -0.25) is 9.59 Å². The summed E-state index contributed by atoms with van der Waals surface area (Å²) in [5.74, 6) is -0.838. The molecular weight excluding hydrogens is 266 g/mol. The zero-order valence-corrected chi connectivity index (χ0v) is 10.7. The highest BCUT2D eigenvalue weighted by Crippen LogP contribution is 2.20. The second kappa shape index (κ2) is 6.05. The number of hydrogen-bond donors (Lipinski definition) is 2. The first-order chi connectivity index (χ1) is 9.15. The van der Waals surface area contributed by atoms with E-state index < -0.39 is 5.97 Å². The molecule has 6 nitrogen and oxygen atoms in total. The van der Waals surface area contributed by atoms with Crippen molar-refractivity contribution in [2.45, 2.75) is 12.8 Å². The van der Waals surface area contributed by atoms with Crippen LogP contribution in [0.5, 0.6) is 0 Å². The lowest BCUT2D eigenvalue weighted by Crippen LogP contribution is -2.12. The minimum absolute atomic E-state index is 0.0738. The Bertz CT molecular complexity index is 583. The number of carboxylic acid groups (broad SMARTS) is 1. The third-order valence-electron chi connectivity index (χ3n) is 2.27. The third kappa shape index (κ3) is 3.85. The zero-order chi connectivity index (χ0) is 13.7. The predicted octanol–water partition coefficient (Wildman–Crippen LogP) is 2.01. The highest BCUT2D eigenvalue weighted by atomic mass is 32.1. The van der Waals surface area contributed by atoms with Gasteiger partial charge in [-0.2, -0.15) is 9.36 Å². The molecule has 2 rings (SSSR count). The van der Waals surface area contributed by atoms with E-state index in [0.29, 0.717) is 11.0 Å². The van der Waals surface area contributed by atoms with Crippen LogP contribution in [0.2, 0.25) is 0 Å². The van der Waals surface area contributed by atoms with Gasteiger partial charge in [-0.15, -0.1) is 0 Å². The Morgan fingerprint density at radius 2 is 1.95 bits per heavy atom. The molecule has 0 aliphatic rings. The fourth-order valence-electron chi connectivity index (χ4n) is 1.38. The smallest absolute Gasteiger partial charge is 0.303 e. The number of carbonyl (C=O) groups excluding carboxylic acids is 1. The quantitative estimate of drug-likeness (QED) is 0.872. The molecule has 0 saturated carbocycles. The molecule has 1 aromatic heterocycles. The maximum atomic E-state index is 11.4. The summed E-state index contributed by atoms with van der Waals surface area (Å²) in [5.41, 5.74) is 0.866. The van der Waals surface area contributed by atoms with Crippen LogP contribution in [0.1, 0.15) is 12.8 Å². The molecule has 0 fully saturated rings. The highest BCUT2D eigenvalue weighted by molar-refractivity contribution is 7.10. The van der Waals surface area contributed by atoms with Crippen LogP contribution in [-0.2, 0) is 9.59 Å². The molecule has 0 bridgehead atoms. The highest BCUT2D eigenvalue weighted by Gasteiger charge is 2.10. The van der Waals surface area contributed by atoms with Gasteiger partial charge < -0.3 is 10.4 Å². The van der Waals surface area contributed by atoms with E-state index in [-0.39, 0.29) is 18.7 Å². The summed E-state index contributed by atoms with van der Waals surface area (Å²) >= 11 is 1.07. The molecule has 0 radical (unpaired) electrons.